The molecule has 0 aliphatic carbocycles. The second-order valence-corrected chi connectivity index (χ2v) is 5.75. The SMILES string of the molecule is COc1cccc(CC(NN)c2cc(C)cc(Br)c2)c1. The van der Waals surface area contributed by atoms with Crippen LogP contribution in [0.4, 0.5) is 0 Å². The van der Waals surface area contributed by atoms with Crippen LogP contribution in [0.3, 0.4) is 0 Å². The highest BCUT2D eigenvalue weighted by Crippen LogP contribution is 2.24. The minimum absolute atomic E-state index is 0.0679. The van der Waals surface area contributed by atoms with Crippen LogP contribution in [0.25, 0.3) is 0 Å². The molecule has 0 fully saturated rings. The smallest absolute Gasteiger partial charge is 0.119 e. The third kappa shape index (κ3) is 3.82. The van der Waals surface area contributed by atoms with Crippen LogP contribution in [0.15, 0.2) is 46.9 Å². The predicted molar refractivity (Wildman–Crippen MR) is 85.6 cm³/mol. The van der Waals surface area contributed by atoms with Gasteiger partial charge in [-0.1, -0.05) is 34.1 Å². The van der Waals surface area contributed by atoms with E-state index in [-0.39, 0.29) is 6.04 Å². The van der Waals surface area contributed by atoms with Crippen molar-refractivity contribution in [1.29, 1.82) is 0 Å². The minimum atomic E-state index is 0.0679. The number of methoxy groups -OCH3 is 1. The van der Waals surface area contributed by atoms with Gasteiger partial charge in [0.15, 0.2) is 0 Å². The van der Waals surface area contributed by atoms with Crippen molar-refractivity contribution in [1.82, 2.24) is 5.43 Å². The number of aryl methyl sites for hydroxylation is 1. The van der Waals surface area contributed by atoms with E-state index in [0.717, 1.165) is 16.6 Å². The second kappa shape index (κ2) is 6.88. The zero-order chi connectivity index (χ0) is 14.5. The highest BCUT2D eigenvalue weighted by molar-refractivity contribution is 9.10. The number of hydrogen-bond acceptors (Lipinski definition) is 3. The van der Waals surface area contributed by atoms with E-state index in [1.165, 1.54) is 16.7 Å². The number of nitrogens with one attached hydrogen (secondary N) is 1. The van der Waals surface area contributed by atoms with Crippen molar-refractivity contribution in [3.05, 3.63) is 63.6 Å². The number of hydrazine groups is 1. The van der Waals surface area contributed by atoms with Crippen LogP contribution in [-0.2, 0) is 6.42 Å². The maximum Gasteiger partial charge on any atom is 0.119 e. The van der Waals surface area contributed by atoms with E-state index in [2.05, 4.69) is 52.5 Å². The molecule has 0 aliphatic rings. The van der Waals surface area contributed by atoms with Gasteiger partial charge in [-0.3, -0.25) is 11.3 Å². The summed E-state index contributed by atoms with van der Waals surface area (Å²) in [4.78, 5) is 0. The summed E-state index contributed by atoms with van der Waals surface area (Å²) >= 11 is 3.53. The van der Waals surface area contributed by atoms with Crippen LogP contribution in [0, 0.1) is 6.92 Å². The van der Waals surface area contributed by atoms with Crippen LogP contribution >= 0.6 is 15.9 Å². The second-order valence-electron chi connectivity index (χ2n) is 4.84. The summed E-state index contributed by atoms with van der Waals surface area (Å²) in [6, 6.07) is 14.5. The standard InChI is InChI=1S/C16H19BrN2O/c1-11-6-13(10-14(17)7-11)16(19-18)9-12-4-3-5-15(8-12)20-2/h3-8,10,16,19H,9,18H2,1-2H3. The fourth-order valence-corrected chi connectivity index (χ4v) is 2.90. The van der Waals surface area contributed by atoms with Gasteiger partial charge < -0.3 is 4.74 Å². The Kier molecular flexibility index (Phi) is 5.17. The highest BCUT2D eigenvalue weighted by atomic mass is 79.9. The zero-order valence-electron chi connectivity index (χ0n) is 11.7. The van der Waals surface area contributed by atoms with Crippen molar-refractivity contribution in [3.63, 3.8) is 0 Å². The molecule has 20 heavy (non-hydrogen) atoms. The molecule has 2 aromatic rings. The summed E-state index contributed by atoms with van der Waals surface area (Å²) in [7, 11) is 1.68. The Morgan fingerprint density at radius 1 is 1.25 bits per heavy atom. The average Bonchev–Trinajstić information content (AvgIpc) is 2.44. The van der Waals surface area contributed by atoms with Crippen molar-refractivity contribution in [2.45, 2.75) is 19.4 Å². The lowest BCUT2D eigenvalue weighted by atomic mass is 9.98. The Balaban J connectivity index is 2.23. The topological polar surface area (TPSA) is 47.3 Å². The lowest BCUT2D eigenvalue weighted by Gasteiger charge is -2.18. The van der Waals surface area contributed by atoms with E-state index in [1.807, 2.05) is 18.2 Å². The molecule has 0 saturated heterocycles. The molecule has 3 nitrogen and oxygen atoms in total. The third-order valence-corrected chi connectivity index (χ3v) is 3.70. The Morgan fingerprint density at radius 3 is 2.70 bits per heavy atom. The third-order valence-electron chi connectivity index (χ3n) is 3.24. The fraction of sp³-hybridized carbons (Fsp3) is 0.250. The summed E-state index contributed by atoms with van der Waals surface area (Å²) < 4.78 is 6.32. The van der Waals surface area contributed by atoms with E-state index in [1.54, 1.807) is 7.11 Å². The summed E-state index contributed by atoms with van der Waals surface area (Å²) in [5.74, 6) is 6.59. The molecule has 4 heteroatoms. The molecule has 3 N–H and O–H groups in total. The number of hydrogen-bond donors (Lipinski definition) is 2. The van der Waals surface area contributed by atoms with Crippen molar-refractivity contribution in [3.8, 4) is 5.75 Å². The molecular weight excluding hydrogens is 316 g/mol. The molecule has 0 saturated carbocycles. The van der Waals surface area contributed by atoms with Crippen molar-refractivity contribution < 1.29 is 4.74 Å². The van der Waals surface area contributed by atoms with Gasteiger partial charge in [0.05, 0.1) is 13.2 Å². The summed E-state index contributed by atoms with van der Waals surface area (Å²) in [6.45, 7) is 2.08. The van der Waals surface area contributed by atoms with Gasteiger partial charge in [-0.25, -0.2) is 0 Å². The first-order valence-electron chi connectivity index (χ1n) is 6.48. The summed E-state index contributed by atoms with van der Waals surface area (Å²) in [5.41, 5.74) is 6.46. The monoisotopic (exact) mass is 334 g/mol. The first-order chi connectivity index (χ1) is 9.62. The molecule has 0 radical (unpaired) electrons. The van der Waals surface area contributed by atoms with Gasteiger partial charge in [0.25, 0.3) is 0 Å². The summed E-state index contributed by atoms with van der Waals surface area (Å²) in [5, 5.41) is 0. The molecule has 1 atom stereocenters. The molecule has 1 unspecified atom stereocenters. The van der Waals surface area contributed by atoms with E-state index < -0.39 is 0 Å². The number of nitrogens with two attached hydrogens (primary N) is 1. The van der Waals surface area contributed by atoms with Crippen molar-refractivity contribution >= 4 is 15.9 Å². The average molecular weight is 335 g/mol. The molecule has 0 amide bonds. The fourth-order valence-electron chi connectivity index (χ4n) is 2.27. The molecule has 0 heterocycles. The molecule has 0 aliphatic heterocycles. The van der Waals surface area contributed by atoms with Crippen LogP contribution in [0.1, 0.15) is 22.7 Å². The minimum Gasteiger partial charge on any atom is -0.497 e. The highest BCUT2D eigenvalue weighted by Gasteiger charge is 2.12. The van der Waals surface area contributed by atoms with E-state index >= 15 is 0 Å². The number of benzene rings is 2. The van der Waals surface area contributed by atoms with Crippen LogP contribution < -0.4 is 16.0 Å². The lowest BCUT2D eigenvalue weighted by molar-refractivity contribution is 0.414. The van der Waals surface area contributed by atoms with E-state index in [0.29, 0.717) is 0 Å². The first kappa shape index (κ1) is 15.0. The summed E-state index contributed by atoms with van der Waals surface area (Å²) in [6.07, 6.45) is 0.809. The molecular formula is C16H19BrN2O. The van der Waals surface area contributed by atoms with Gasteiger partial charge in [-0.2, -0.15) is 0 Å². The largest absolute Gasteiger partial charge is 0.497 e. The van der Waals surface area contributed by atoms with Crippen molar-refractivity contribution in [2.75, 3.05) is 7.11 Å². The van der Waals surface area contributed by atoms with Gasteiger partial charge in [0.1, 0.15) is 5.75 Å². The van der Waals surface area contributed by atoms with E-state index in [4.69, 9.17) is 10.6 Å². The quantitative estimate of drug-likeness (QED) is 0.649. The number of ether oxygens (including phenoxy) is 1. The van der Waals surface area contributed by atoms with Gasteiger partial charge in [-0.15, -0.1) is 0 Å². The number of halogens is 1. The van der Waals surface area contributed by atoms with Gasteiger partial charge in [-0.05, 0) is 54.3 Å². The predicted octanol–water partition coefficient (Wildman–Crippen LogP) is 3.51. The molecule has 0 bridgehead atoms. The van der Waals surface area contributed by atoms with Gasteiger partial charge >= 0.3 is 0 Å². The Hall–Kier alpha value is -1.36. The first-order valence-corrected chi connectivity index (χ1v) is 7.28. The Bertz CT molecular complexity index is 566. The van der Waals surface area contributed by atoms with Crippen LogP contribution in [0.2, 0.25) is 0 Å². The van der Waals surface area contributed by atoms with E-state index in [9.17, 15) is 0 Å². The van der Waals surface area contributed by atoms with Gasteiger partial charge in [0.2, 0.25) is 0 Å². The van der Waals surface area contributed by atoms with Crippen LogP contribution in [0.5, 0.6) is 5.75 Å². The maximum atomic E-state index is 5.73. The lowest BCUT2D eigenvalue weighted by Crippen LogP contribution is -2.29. The normalized spacial score (nSPS) is 12.2. The molecule has 0 spiro atoms. The molecule has 2 rings (SSSR count). The molecule has 2 aromatic carbocycles. The zero-order valence-corrected chi connectivity index (χ0v) is 13.3. The Labute approximate surface area is 128 Å². The Morgan fingerprint density at radius 2 is 2.05 bits per heavy atom. The molecule has 106 valence electrons. The van der Waals surface area contributed by atoms with Gasteiger partial charge in [0, 0.05) is 4.47 Å². The maximum absolute atomic E-state index is 5.73. The van der Waals surface area contributed by atoms with Crippen LogP contribution in [-0.4, -0.2) is 7.11 Å². The number of rotatable bonds is 5. The van der Waals surface area contributed by atoms with Crippen molar-refractivity contribution in [2.24, 2.45) is 5.84 Å². The molecule has 0 aromatic heterocycles.